The summed E-state index contributed by atoms with van der Waals surface area (Å²) in [6, 6.07) is 23.7. The molecule has 1 N–H and O–H groups in total. The molecule has 0 aliphatic carbocycles. The predicted molar refractivity (Wildman–Crippen MR) is 124 cm³/mol. The molecule has 5 rings (SSSR count). The number of hydrogen-bond donors (Lipinski definition) is 1. The first kappa shape index (κ1) is 17.9. The van der Waals surface area contributed by atoms with E-state index in [1.165, 1.54) is 0 Å². The standard InChI is InChI=1S/C26H19N3O/c1-2-18-7-10-25-20(17-18)13-16-29(25)26(30)28-24-9-8-21(19-11-14-27-15-12-19)22-5-3-4-6-23(22)24/h2-17H,1H2,(H,28,30). The third-order valence-electron chi connectivity index (χ3n) is 5.33. The summed E-state index contributed by atoms with van der Waals surface area (Å²) in [6.07, 6.45) is 7.16. The van der Waals surface area contributed by atoms with Crippen LogP contribution in [-0.2, 0) is 0 Å². The van der Waals surface area contributed by atoms with Crippen molar-refractivity contribution in [2.45, 2.75) is 0 Å². The number of carbonyl (C=O) groups is 1. The second kappa shape index (κ2) is 7.33. The molecule has 1 amide bonds. The van der Waals surface area contributed by atoms with E-state index >= 15 is 0 Å². The van der Waals surface area contributed by atoms with Gasteiger partial charge in [0, 0.05) is 29.4 Å². The molecule has 30 heavy (non-hydrogen) atoms. The monoisotopic (exact) mass is 389 g/mol. The zero-order chi connectivity index (χ0) is 20.5. The van der Waals surface area contributed by atoms with Gasteiger partial charge in [0.25, 0.3) is 0 Å². The zero-order valence-corrected chi connectivity index (χ0v) is 16.2. The van der Waals surface area contributed by atoms with Gasteiger partial charge in [-0.05, 0) is 58.5 Å². The number of nitrogens with one attached hydrogen (secondary N) is 1. The molecule has 0 unspecified atom stereocenters. The molecule has 4 heteroatoms. The Morgan fingerprint density at radius 1 is 0.933 bits per heavy atom. The number of hydrogen-bond acceptors (Lipinski definition) is 2. The highest BCUT2D eigenvalue weighted by molar-refractivity contribution is 6.08. The number of rotatable bonds is 3. The SMILES string of the molecule is C=Cc1ccc2c(ccn2C(=O)Nc2ccc(-c3ccncc3)c3ccccc23)c1. The molecule has 0 fully saturated rings. The Labute approximate surface area is 174 Å². The molecule has 0 saturated heterocycles. The first-order chi connectivity index (χ1) is 14.7. The van der Waals surface area contributed by atoms with Gasteiger partial charge in [-0.2, -0.15) is 0 Å². The Balaban J connectivity index is 1.55. The molecule has 0 aliphatic rings. The van der Waals surface area contributed by atoms with Crippen molar-refractivity contribution in [2.24, 2.45) is 0 Å². The fourth-order valence-corrected chi connectivity index (χ4v) is 3.83. The molecule has 0 spiro atoms. The van der Waals surface area contributed by atoms with Crippen LogP contribution in [0.3, 0.4) is 0 Å². The molecule has 5 aromatic rings. The zero-order valence-electron chi connectivity index (χ0n) is 16.2. The Bertz CT molecular complexity index is 1400. The third-order valence-corrected chi connectivity index (χ3v) is 5.33. The summed E-state index contributed by atoms with van der Waals surface area (Å²) in [5, 5.41) is 6.15. The summed E-state index contributed by atoms with van der Waals surface area (Å²) in [5.74, 6) is 0. The molecule has 3 aromatic carbocycles. The number of fused-ring (bicyclic) bond motifs is 2. The van der Waals surface area contributed by atoms with Crippen LogP contribution in [-0.4, -0.2) is 15.6 Å². The first-order valence-electron chi connectivity index (χ1n) is 9.71. The van der Waals surface area contributed by atoms with Crippen molar-refractivity contribution in [2.75, 3.05) is 5.32 Å². The van der Waals surface area contributed by atoms with Gasteiger partial charge in [-0.3, -0.25) is 9.55 Å². The minimum Gasteiger partial charge on any atom is -0.307 e. The Morgan fingerprint density at radius 2 is 1.73 bits per heavy atom. The number of benzene rings is 3. The summed E-state index contributed by atoms with van der Waals surface area (Å²) in [5.41, 5.74) is 4.86. The Morgan fingerprint density at radius 3 is 2.53 bits per heavy atom. The van der Waals surface area contributed by atoms with E-state index in [1.54, 1.807) is 29.2 Å². The topological polar surface area (TPSA) is 46.9 Å². The van der Waals surface area contributed by atoms with Crippen LogP contribution in [0.1, 0.15) is 5.56 Å². The van der Waals surface area contributed by atoms with Gasteiger partial charge >= 0.3 is 6.03 Å². The van der Waals surface area contributed by atoms with E-state index in [0.29, 0.717) is 0 Å². The minimum atomic E-state index is -0.196. The second-order valence-corrected chi connectivity index (χ2v) is 7.08. The second-order valence-electron chi connectivity index (χ2n) is 7.08. The van der Waals surface area contributed by atoms with Crippen LogP contribution in [0, 0.1) is 0 Å². The van der Waals surface area contributed by atoms with Crippen molar-refractivity contribution < 1.29 is 4.79 Å². The fraction of sp³-hybridized carbons (Fsp3) is 0. The summed E-state index contributed by atoms with van der Waals surface area (Å²) >= 11 is 0. The van der Waals surface area contributed by atoms with Crippen LogP contribution in [0.5, 0.6) is 0 Å². The predicted octanol–water partition coefficient (Wildman–Crippen LogP) is 6.58. The van der Waals surface area contributed by atoms with Crippen LogP contribution >= 0.6 is 0 Å². The van der Waals surface area contributed by atoms with Crippen LogP contribution in [0.25, 0.3) is 38.9 Å². The lowest BCUT2D eigenvalue weighted by molar-refractivity contribution is 0.254. The van der Waals surface area contributed by atoms with Gasteiger partial charge < -0.3 is 5.32 Å². The fourth-order valence-electron chi connectivity index (χ4n) is 3.83. The van der Waals surface area contributed by atoms with Crippen molar-refractivity contribution in [1.29, 1.82) is 0 Å². The van der Waals surface area contributed by atoms with Crippen LogP contribution in [0.2, 0.25) is 0 Å². The molecule has 0 radical (unpaired) electrons. The van der Waals surface area contributed by atoms with Gasteiger partial charge in [-0.25, -0.2) is 4.79 Å². The van der Waals surface area contributed by atoms with Gasteiger partial charge in [0.1, 0.15) is 0 Å². The number of anilines is 1. The maximum Gasteiger partial charge on any atom is 0.330 e. The lowest BCUT2D eigenvalue weighted by Gasteiger charge is -2.13. The molecular weight excluding hydrogens is 370 g/mol. The third kappa shape index (κ3) is 3.05. The highest BCUT2D eigenvalue weighted by Crippen LogP contribution is 2.33. The van der Waals surface area contributed by atoms with Gasteiger partial charge in [0.05, 0.1) is 11.2 Å². The summed E-state index contributed by atoms with van der Waals surface area (Å²) in [6.45, 7) is 3.80. The van der Waals surface area contributed by atoms with E-state index in [2.05, 4.69) is 22.9 Å². The molecule has 2 aromatic heterocycles. The van der Waals surface area contributed by atoms with Crippen LogP contribution in [0.4, 0.5) is 10.5 Å². The maximum atomic E-state index is 13.1. The maximum absolute atomic E-state index is 13.1. The van der Waals surface area contributed by atoms with E-state index in [1.807, 2.05) is 66.7 Å². The number of carbonyl (C=O) groups excluding carboxylic acids is 1. The van der Waals surface area contributed by atoms with Crippen LogP contribution in [0.15, 0.2) is 98.0 Å². The number of pyridine rings is 1. The van der Waals surface area contributed by atoms with Crippen molar-refractivity contribution >= 4 is 39.5 Å². The molecule has 4 nitrogen and oxygen atoms in total. The van der Waals surface area contributed by atoms with E-state index in [0.717, 1.165) is 44.1 Å². The van der Waals surface area contributed by atoms with Gasteiger partial charge in [-0.1, -0.05) is 49.1 Å². The lowest BCUT2D eigenvalue weighted by Crippen LogP contribution is -2.18. The lowest BCUT2D eigenvalue weighted by atomic mass is 9.98. The molecule has 0 aliphatic heterocycles. The molecular formula is C26H19N3O. The van der Waals surface area contributed by atoms with Gasteiger partial charge in [-0.15, -0.1) is 0 Å². The molecule has 0 saturated carbocycles. The van der Waals surface area contributed by atoms with Gasteiger partial charge in [0.15, 0.2) is 0 Å². The van der Waals surface area contributed by atoms with Crippen molar-refractivity contribution in [3.63, 3.8) is 0 Å². The molecule has 0 atom stereocenters. The molecule has 144 valence electrons. The van der Waals surface area contributed by atoms with Gasteiger partial charge in [0.2, 0.25) is 0 Å². The quantitative estimate of drug-likeness (QED) is 0.379. The van der Waals surface area contributed by atoms with Crippen molar-refractivity contribution in [3.05, 3.63) is 104 Å². The number of nitrogens with zero attached hydrogens (tertiary/aromatic N) is 2. The summed E-state index contributed by atoms with van der Waals surface area (Å²) < 4.78 is 1.63. The highest BCUT2D eigenvalue weighted by atomic mass is 16.2. The highest BCUT2D eigenvalue weighted by Gasteiger charge is 2.13. The van der Waals surface area contributed by atoms with E-state index in [4.69, 9.17) is 0 Å². The molecule has 2 heterocycles. The Kier molecular flexibility index (Phi) is 4.37. The van der Waals surface area contributed by atoms with Crippen molar-refractivity contribution in [1.82, 2.24) is 9.55 Å². The average molecular weight is 389 g/mol. The van der Waals surface area contributed by atoms with E-state index in [-0.39, 0.29) is 6.03 Å². The van der Waals surface area contributed by atoms with E-state index < -0.39 is 0 Å². The van der Waals surface area contributed by atoms with Crippen molar-refractivity contribution in [3.8, 4) is 11.1 Å². The number of amides is 1. The summed E-state index contributed by atoms with van der Waals surface area (Å²) in [7, 11) is 0. The number of aromatic nitrogens is 2. The smallest absolute Gasteiger partial charge is 0.307 e. The van der Waals surface area contributed by atoms with Crippen LogP contribution < -0.4 is 5.32 Å². The Hall–Kier alpha value is -4.18. The average Bonchev–Trinajstić information content (AvgIpc) is 3.23. The summed E-state index contributed by atoms with van der Waals surface area (Å²) in [4.78, 5) is 17.2. The van der Waals surface area contributed by atoms with E-state index in [9.17, 15) is 4.79 Å². The molecule has 0 bridgehead atoms. The normalized spacial score (nSPS) is 10.9. The first-order valence-corrected chi connectivity index (χ1v) is 9.71. The largest absolute Gasteiger partial charge is 0.330 e. The minimum absolute atomic E-state index is 0.196.